The van der Waals surface area contributed by atoms with Crippen LogP contribution in [0, 0.1) is 0 Å². The number of methoxy groups -OCH3 is 1. The number of anilines is 2. The van der Waals surface area contributed by atoms with Crippen molar-refractivity contribution in [3.63, 3.8) is 0 Å². The highest BCUT2D eigenvalue weighted by Crippen LogP contribution is 2.30. The molecule has 1 atom stereocenters. The van der Waals surface area contributed by atoms with Gasteiger partial charge in [0.2, 0.25) is 0 Å². The van der Waals surface area contributed by atoms with E-state index in [-0.39, 0.29) is 0 Å². The molecule has 6 heteroatoms. The predicted octanol–water partition coefficient (Wildman–Crippen LogP) is 4.47. The number of carbonyl (C=O) groups is 1. The van der Waals surface area contributed by atoms with E-state index < -0.39 is 17.2 Å². The van der Waals surface area contributed by atoms with E-state index in [0.29, 0.717) is 16.9 Å². The monoisotopic (exact) mass is 392 g/mol. The van der Waals surface area contributed by atoms with Crippen molar-refractivity contribution in [3.05, 3.63) is 90.5 Å². The number of hydrogen-bond acceptors (Lipinski definition) is 4. The van der Waals surface area contributed by atoms with Crippen molar-refractivity contribution in [1.29, 1.82) is 0 Å². The first-order valence-electron chi connectivity index (χ1n) is 8.49. The van der Waals surface area contributed by atoms with Gasteiger partial charge in [-0.1, -0.05) is 54.6 Å². The van der Waals surface area contributed by atoms with Crippen molar-refractivity contribution in [2.24, 2.45) is 0 Å². The van der Waals surface area contributed by atoms with Gasteiger partial charge in [-0.2, -0.15) is 0 Å². The standard InChI is InChI=1S/C22H19NO4S/c1-27-22(24)15-10-17-6-5-9-21(16-17)23(28(25)26)20-13-11-19(12-14-20)18-7-3-2-4-8-18/h2-16H,1H3,(H,25,26)/p-1. The van der Waals surface area contributed by atoms with Gasteiger partial charge in [-0.25, -0.2) is 4.79 Å². The van der Waals surface area contributed by atoms with Gasteiger partial charge in [0.05, 0.1) is 29.8 Å². The molecule has 0 aliphatic carbocycles. The van der Waals surface area contributed by atoms with Gasteiger partial charge in [0.25, 0.3) is 0 Å². The number of ether oxygens (including phenoxy) is 1. The highest BCUT2D eigenvalue weighted by atomic mass is 32.2. The molecule has 5 nitrogen and oxygen atoms in total. The second-order valence-corrected chi connectivity index (χ2v) is 6.68. The summed E-state index contributed by atoms with van der Waals surface area (Å²) >= 11 is -2.51. The molecule has 3 aromatic rings. The molecule has 142 valence electrons. The zero-order valence-corrected chi connectivity index (χ0v) is 16.0. The van der Waals surface area contributed by atoms with Gasteiger partial charge in [-0.05, 0) is 47.0 Å². The van der Waals surface area contributed by atoms with Gasteiger partial charge in [-0.3, -0.25) is 8.51 Å². The first kappa shape index (κ1) is 19.5. The van der Waals surface area contributed by atoms with Gasteiger partial charge < -0.3 is 9.29 Å². The molecular weight excluding hydrogens is 374 g/mol. The van der Waals surface area contributed by atoms with E-state index in [1.807, 2.05) is 42.5 Å². The van der Waals surface area contributed by atoms with Crippen molar-refractivity contribution >= 4 is 34.7 Å². The third kappa shape index (κ3) is 4.73. The maximum Gasteiger partial charge on any atom is 0.330 e. The number of benzene rings is 3. The maximum absolute atomic E-state index is 11.9. The fourth-order valence-electron chi connectivity index (χ4n) is 2.73. The minimum atomic E-state index is -2.51. The number of nitrogens with zero attached hydrogens (tertiary/aromatic N) is 1. The molecule has 0 amide bonds. The summed E-state index contributed by atoms with van der Waals surface area (Å²) in [6.45, 7) is 0. The summed E-state index contributed by atoms with van der Waals surface area (Å²) in [5, 5.41) is 0. The molecule has 0 saturated heterocycles. The van der Waals surface area contributed by atoms with E-state index in [9.17, 15) is 13.6 Å². The lowest BCUT2D eigenvalue weighted by atomic mass is 10.1. The summed E-state index contributed by atoms with van der Waals surface area (Å²) in [4.78, 5) is 11.3. The molecular formula is C22H18NO4S-. The summed E-state index contributed by atoms with van der Waals surface area (Å²) in [5.41, 5.74) is 3.71. The van der Waals surface area contributed by atoms with E-state index in [0.717, 1.165) is 11.1 Å². The van der Waals surface area contributed by atoms with Crippen LogP contribution in [0.5, 0.6) is 0 Å². The molecule has 0 spiro atoms. The topological polar surface area (TPSA) is 69.7 Å². The fraction of sp³-hybridized carbons (Fsp3) is 0.0455. The third-order valence-electron chi connectivity index (χ3n) is 4.08. The second kappa shape index (κ2) is 9.12. The minimum absolute atomic E-state index is 0.466. The summed E-state index contributed by atoms with van der Waals surface area (Å²) in [6.07, 6.45) is 2.85. The number of rotatable bonds is 6. The zero-order chi connectivity index (χ0) is 19.9. The van der Waals surface area contributed by atoms with Crippen molar-refractivity contribution in [2.75, 3.05) is 11.4 Å². The Labute approximate surface area is 166 Å². The Balaban J connectivity index is 1.91. The molecule has 3 rings (SSSR count). The Morgan fingerprint density at radius 1 is 0.929 bits per heavy atom. The molecule has 0 saturated carbocycles. The van der Waals surface area contributed by atoms with Gasteiger partial charge in [0.1, 0.15) is 0 Å². The van der Waals surface area contributed by atoms with Crippen molar-refractivity contribution in [1.82, 2.24) is 0 Å². The molecule has 0 bridgehead atoms. The van der Waals surface area contributed by atoms with E-state index in [4.69, 9.17) is 0 Å². The molecule has 0 fully saturated rings. The molecule has 0 heterocycles. The average Bonchev–Trinajstić information content (AvgIpc) is 2.73. The number of esters is 1. The highest BCUT2D eigenvalue weighted by molar-refractivity contribution is 7.81. The van der Waals surface area contributed by atoms with Crippen LogP contribution in [0.3, 0.4) is 0 Å². The van der Waals surface area contributed by atoms with Gasteiger partial charge in [-0.15, -0.1) is 0 Å². The largest absolute Gasteiger partial charge is 0.755 e. The van der Waals surface area contributed by atoms with Gasteiger partial charge in [0, 0.05) is 6.08 Å². The van der Waals surface area contributed by atoms with Crippen LogP contribution >= 0.6 is 0 Å². The zero-order valence-electron chi connectivity index (χ0n) is 15.1. The maximum atomic E-state index is 11.9. The first-order valence-corrected chi connectivity index (χ1v) is 9.53. The van der Waals surface area contributed by atoms with Crippen molar-refractivity contribution < 1.29 is 18.3 Å². The van der Waals surface area contributed by atoms with Crippen molar-refractivity contribution in [2.45, 2.75) is 0 Å². The van der Waals surface area contributed by atoms with E-state index in [1.54, 1.807) is 42.5 Å². The fourth-order valence-corrected chi connectivity index (χ4v) is 3.31. The van der Waals surface area contributed by atoms with E-state index >= 15 is 0 Å². The second-order valence-electron chi connectivity index (χ2n) is 5.88. The Bertz CT molecular complexity index is 1000. The average molecular weight is 392 g/mol. The molecule has 0 N–H and O–H groups in total. The van der Waals surface area contributed by atoms with Gasteiger partial charge in [0.15, 0.2) is 0 Å². The lowest BCUT2D eigenvalue weighted by Gasteiger charge is -2.27. The first-order chi connectivity index (χ1) is 13.6. The lowest BCUT2D eigenvalue weighted by molar-refractivity contribution is -0.134. The summed E-state index contributed by atoms with van der Waals surface area (Å²) in [6, 6.07) is 24.0. The van der Waals surface area contributed by atoms with Crippen LogP contribution in [0.25, 0.3) is 17.2 Å². The van der Waals surface area contributed by atoms with Gasteiger partial charge >= 0.3 is 5.97 Å². The predicted molar refractivity (Wildman–Crippen MR) is 110 cm³/mol. The van der Waals surface area contributed by atoms with Crippen LogP contribution in [-0.2, 0) is 20.8 Å². The summed E-state index contributed by atoms with van der Waals surface area (Å²) in [7, 11) is 1.30. The number of carbonyl (C=O) groups excluding carboxylic acids is 1. The Morgan fingerprint density at radius 3 is 2.25 bits per heavy atom. The van der Waals surface area contributed by atoms with Crippen LogP contribution < -0.4 is 4.31 Å². The molecule has 0 radical (unpaired) electrons. The summed E-state index contributed by atoms with van der Waals surface area (Å²) < 4.78 is 29.6. The van der Waals surface area contributed by atoms with Crippen LogP contribution in [0.15, 0.2) is 84.9 Å². The Morgan fingerprint density at radius 2 is 1.61 bits per heavy atom. The normalized spacial score (nSPS) is 11.9. The third-order valence-corrected chi connectivity index (χ3v) is 4.80. The smallest absolute Gasteiger partial charge is 0.330 e. The van der Waals surface area contributed by atoms with Crippen LogP contribution in [0.1, 0.15) is 5.56 Å². The van der Waals surface area contributed by atoms with Crippen molar-refractivity contribution in [3.8, 4) is 11.1 Å². The van der Waals surface area contributed by atoms with E-state index in [2.05, 4.69) is 4.74 Å². The molecule has 3 aromatic carbocycles. The Hall–Kier alpha value is -3.22. The van der Waals surface area contributed by atoms with Crippen LogP contribution in [0.4, 0.5) is 11.4 Å². The highest BCUT2D eigenvalue weighted by Gasteiger charge is 2.11. The molecule has 0 aliphatic rings. The minimum Gasteiger partial charge on any atom is -0.755 e. The molecule has 0 aliphatic heterocycles. The Kier molecular flexibility index (Phi) is 6.37. The summed E-state index contributed by atoms with van der Waals surface area (Å²) in [5.74, 6) is -0.480. The van der Waals surface area contributed by atoms with Crippen LogP contribution in [0.2, 0.25) is 0 Å². The molecule has 0 aromatic heterocycles. The lowest BCUT2D eigenvalue weighted by Crippen LogP contribution is -2.19. The van der Waals surface area contributed by atoms with E-state index in [1.165, 1.54) is 17.5 Å². The molecule has 28 heavy (non-hydrogen) atoms. The van der Waals surface area contributed by atoms with Crippen LogP contribution in [-0.4, -0.2) is 21.8 Å². The SMILES string of the molecule is COC(=O)C=Cc1cccc(N(c2ccc(-c3ccccc3)cc2)S(=O)[O-])c1. The number of hydrogen-bond donors (Lipinski definition) is 0. The quantitative estimate of drug-likeness (QED) is 0.352. The molecule has 1 unspecified atom stereocenters.